The van der Waals surface area contributed by atoms with Gasteiger partial charge in [-0.05, 0) is 30.7 Å². The Bertz CT molecular complexity index is 950. The van der Waals surface area contributed by atoms with Crippen LogP contribution in [0.2, 0.25) is 0 Å². The third-order valence-electron chi connectivity index (χ3n) is 3.66. The molecule has 1 aromatic heterocycles. The van der Waals surface area contributed by atoms with E-state index >= 15 is 0 Å². The van der Waals surface area contributed by atoms with Crippen molar-refractivity contribution in [3.8, 4) is 0 Å². The Morgan fingerprint density at radius 3 is 2.50 bits per heavy atom. The molecule has 0 aliphatic rings. The van der Waals surface area contributed by atoms with Gasteiger partial charge in [-0.2, -0.15) is 0 Å². The molecule has 1 atom stereocenters. The molecule has 0 saturated carbocycles. The Hall–Kier alpha value is -1.83. The Morgan fingerprint density at radius 2 is 1.83 bits per heavy atom. The van der Waals surface area contributed by atoms with Crippen LogP contribution in [0.15, 0.2) is 63.1 Å². The summed E-state index contributed by atoms with van der Waals surface area (Å²) in [6, 6.07) is 14.8. The fourth-order valence-electron chi connectivity index (χ4n) is 2.25. The molecule has 126 valence electrons. The molecule has 0 saturated heterocycles. The van der Waals surface area contributed by atoms with Crippen molar-refractivity contribution >= 4 is 32.9 Å². The Labute approximate surface area is 145 Å². The molecule has 5 nitrogen and oxygen atoms in total. The third kappa shape index (κ3) is 3.33. The van der Waals surface area contributed by atoms with Gasteiger partial charge in [-0.1, -0.05) is 42.1 Å². The fourth-order valence-corrected chi connectivity index (χ4v) is 4.06. The Kier molecular flexibility index (Phi) is 4.67. The van der Waals surface area contributed by atoms with Crippen molar-refractivity contribution in [3.63, 3.8) is 0 Å². The summed E-state index contributed by atoms with van der Waals surface area (Å²) < 4.78 is 31.3. The lowest BCUT2D eigenvalue weighted by Gasteiger charge is -2.10. The van der Waals surface area contributed by atoms with E-state index in [4.69, 9.17) is 4.42 Å². The molecule has 0 aliphatic carbocycles. The van der Waals surface area contributed by atoms with E-state index in [0.717, 1.165) is 0 Å². The summed E-state index contributed by atoms with van der Waals surface area (Å²) in [4.78, 5) is 4.63. The van der Waals surface area contributed by atoms with Crippen molar-refractivity contribution in [2.75, 3.05) is 14.1 Å². The average molecular weight is 362 g/mol. The molecule has 1 heterocycles. The van der Waals surface area contributed by atoms with Gasteiger partial charge in [0, 0.05) is 19.3 Å². The normalized spacial score (nSPS) is 13.5. The molecular weight excluding hydrogens is 344 g/mol. The number of aromatic nitrogens is 1. The van der Waals surface area contributed by atoms with Gasteiger partial charge >= 0.3 is 0 Å². The summed E-state index contributed by atoms with van der Waals surface area (Å²) in [5, 5.41) is 0.713. The van der Waals surface area contributed by atoms with Gasteiger partial charge in [0.15, 0.2) is 5.58 Å². The second kappa shape index (κ2) is 6.58. The maximum Gasteiger partial charge on any atom is 0.257 e. The molecule has 7 heteroatoms. The van der Waals surface area contributed by atoms with Crippen LogP contribution < -0.4 is 0 Å². The van der Waals surface area contributed by atoms with Gasteiger partial charge < -0.3 is 4.42 Å². The molecule has 0 aliphatic heterocycles. The Balaban J connectivity index is 1.89. The topological polar surface area (TPSA) is 63.4 Å². The standard InChI is InChI=1S/C17H18N2O3S2/c1-12(13-7-5-4-6-8-13)23-17-18-15-11-14(9-10-16(15)22-17)24(20,21)19(2)3/h4-12H,1-3H3. The lowest BCUT2D eigenvalue weighted by atomic mass is 10.2. The number of rotatable bonds is 5. The van der Waals surface area contributed by atoms with Crippen LogP contribution in [0.25, 0.3) is 11.1 Å². The highest BCUT2D eigenvalue weighted by Crippen LogP contribution is 2.36. The van der Waals surface area contributed by atoms with E-state index in [-0.39, 0.29) is 10.1 Å². The lowest BCUT2D eigenvalue weighted by molar-refractivity contribution is 0.488. The van der Waals surface area contributed by atoms with Crippen LogP contribution in [0.1, 0.15) is 17.7 Å². The van der Waals surface area contributed by atoms with Crippen molar-refractivity contribution in [2.24, 2.45) is 0 Å². The van der Waals surface area contributed by atoms with Gasteiger partial charge in [-0.3, -0.25) is 0 Å². The third-order valence-corrected chi connectivity index (χ3v) is 6.48. The van der Waals surface area contributed by atoms with Crippen molar-refractivity contribution < 1.29 is 12.8 Å². The highest BCUT2D eigenvalue weighted by molar-refractivity contribution is 7.99. The number of nitrogens with zero attached hydrogens (tertiary/aromatic N) is 2. The molecule has 0 bridgehead atoms. The first-order valence-electron chi connectivity index (χ1n) is 7.42. The molecule has 0 N–H and O–H groups in total. The van der Waals surface area contributed by atoms with Crippen molar-refractivity contribution in [3.05, 3.63) is 54.1 Å². The van der Waals surface area contributed by atoms with Crippen molar-refractivity contribution in [2.45, 2.75) is 22.3 Å². The summed E-state index contributed by atoms with van der Waals surface area (Å²) in [6.45, 7) is 2.08. The fraction of sp³-hybridized carbons (Fsp3) is 0.235. The molecule has 1 unspecified atom stereocenters. The first kappa shape index (κ1) is 17.0. The van der Waals surface area contributed by atoms with E-state index in [2.05, 4.69) is 24.0 Å². The van der Waals surface area contributed by atoms with E-state index < -0.39 is 10.0 Å². The minimum atomic E-state index is -3.48. The summed E-state index contributed by atoms with van der Waals surface area (Å²) in [5.74, 6) is 0. The predicted octanol–water partition coefficient (Wildman–Crippen LogP) is 3.93. The van der Waals surface area contributed by atoms with Gasteiger partial charge in [0.1, 0.15) is 5.52 Å². The van der Waals surface area contributed by atoms with E-state index in [1.807, 2.05) is 18.2 Å². The van der Waals surface area contributed by atoms with Crippen LogP contribution >= 0.6 is 11.8 Å². The summed E-state index contributed by atoms with van der Waals surface area (Å²) in [6.07, 6.45) is 0. The second-order valence-corrected chi connectivity index (χ2v) is 9.01. The van der Waals surface area contributed by atoms with Crippen LogP contribution in [-0.2, 0) is 10.0 Å². The first-order chi connectivity index (χ1) is 11.4. The van der Waals surface area contributed by atoms with E-state index in [0.29, 0.717) is 16.3 Å². The van der Waals surface area contributed by atoms with E-state index in [1.165, 1.54) is 41.8 Å². The van der Waals surface area contributed by atoms with Gasteiger partial charge in [0.05, 0.1) is 4.90 Å². The van der Waals surface area contributed by atoms with Crippen LogP contribution in [-0.4, -0.2) is 31.8 Å². The zero-order valence-electron chi connectivity index (χ0n) is 13.6. The zero-order chi connectivity index (χ0) is 17.3. The van der Waals surface area contributed by atoms with E-state index in [9.17, 15) is 8.42 Å². The first-order valence-corrected chi connectivity index (χ1v) is 9.74. The van der Waals surface area contributed by atoms with Gasteiger partial charge in [-0.15, -0.1) is 0 Å². The van der Waals surface area contributed by atoms with Crippen LogP contribution in [0.5, 0.6) is 0 Å². The van der Waals surface area contributed by atoms with Gasteiger partial charge in [-0.25, -0.2) is 17.7 Å². The Morgan fingerprint density at radius 1 is 1.12 bits per heavy atom. The number of fused-ring (bicyclic) bond motifs is 1. The SMILES string of the molecule is CC(Sc1nc2cc(S(=O)(=O)N(C)C)ccc2o1)c1ccccc1. The minimum Gasteiger partial charge on any atom is -0.431 e. The molecule has 2 aromatic carbocycles. The lowest BCUT2D eigenvalue weighted by Crippen LogP contribution is -2.22. The average Bonchev–Trinajstić information content (AvgIpc) is 2.96. The monoisotopic (exact) mass is 362 g/mol. The number of oxazole rings is 1. The molecule has 0 spiro atoms. The molecule has 0 fully saturated rings. The number of hydrogen-bond donors (Lipinski definition) is 0. The van der Waals surface area contributed by atoms with Gasteiger partial charge in [0.25, 0.3) is 5.22 Å². The number of hydrogen-bond acceptors (Lipinski definition) is 5. The van der Waals surface area contributed by atoms with Crippen molar-refractivity contribution in [1.29, 1.82) is 0 Å². The van der Waals surface area contributed by atoms with Crippen LogP contribution in [0.3, 0.4) is 0 Å². The quantitative estimate of drug-likeness (QED) is 0.644. The largest absolute Gasteiger partial charge is 0.431 e. The van der Waals surface area contributed by atoms with E-state index in [1.54, 1.807) is 12.1 Å². The number of benzene rings is 2. The summed E-state index contributed by atoms with van der Waals surface area (Å²) in [7, 11) is -0.470. The molecule has 24 heavy (non-hydrogen) atoms. The molecule has 3 rings (SSSR count). The highest BCUT2D eigenvalue weighted by Gasteiger charge is 2.19. The highest BCUT2D eigenvalue weighted by atomic mass is 32.2. The van der Waals surface area contributed by atoms with Gasteiger partial charge in [0.2, 0.25) is 10.0 Å². The summed E-state index contributed by atoms with van der Waals surface area (Å²) >= 11 is 1.50. The van der Waals surface area contributed by atoms with Crippen LogP contribution in [0, 0.1) is 0 Å². The predicted molar refractivity (Wildman–Crippen MR) is 95.6 cm³/mol. The van der Waals surface area contributed by atoms with Crippen LogP contribution in [0.4, 0.5) is 0 Å². The summed E-state index contributed by atoms with van der Waals surface area (Å²) in [5.41, 5.74) is 2.30. The molecule has 3 aromatic rings. The molecular formula is C17H18N2O3S2. The maximum absolute atomic E-state index is 12.2. The number of sulfonamides is 1. The molecule has 0 radical (unpaired) electrons. The van der Waals surface area contributed by atoms with Crippen molar-refractivity contribution in [1.82, 2.24) is 9.29 Å². The second-order valence-electron chi connectivity index (χ2n) is 5.57. The zero-order valence-corrected chi connectivity index (χ0v) is 15.3. The maximum atomic E-state index is 12.2. The number of thioether (sulfide) groups is 1. The molecule has 0 amide bonds. The smallest absolute Gasteiger partial charge is 0.257 e. The minimum absolute atomic E-state index is 0.184.